The van der Waals surface area contributed by atoms with Gasteiger partial charge < -0.3 is 5.73 Å². The number of rotatable bonds is 10. The molecule has 0 aliphatic carbocycles. The Hall–Kier alpha value is -0.560. The fourth-order valence-corrected chi connectivity index (χ4v) is 1.84. The zero-order valence-electron chi connectivity index (χ0n) is 12.0. The average Bonchev–Trinajstić information content (AvgIpc) is 2.29. The molecule has 0 radical (unpaired) electrons. The summed E-state index contributed by atoms with van der Waals surface area (Å²) in [5.41, 5.74) is 5.63. The lowest BCUT2D eigenvalue weighted by Gasteiger charge is -2.09. The highest BCUT2D eigenvalue weighted by atomic mass is 14.5. The molecule has 1 unspecified atom stereocenters. The summed E-state index contributed by atoms with van der Waals surface area (Å²) in [7, 11) is 0. The van der Waals surface area contributed by atoms with E-state index in [-0.39, 0.29) is 0 Å². The SMILES string of the molecule is CCCCC(/C=C\C=C/CCC(C)C)CCN. The molecule has 1 heteroatoms. The first-order chi connectivity index (χ1) is 8.20. The van der Waals surface area contributed by atoms with Crippen molar-refractivity contribution in [3.8, 4) is 0 Å². The van der Waals surface area contributed by atoms with Gasteiger partial charge in [-0.25, -0.2) is 0 Å². The van der Waals surface area contributed by atoms with Crippen molar-refractivity contribution in [2.75, 3.05) is 6.54 Å². The summed E-state index contributed by atoms with van der Waals surface area (Å²) in [6, 6.07) is 0. The van der Waals surface area contributed by atoms with Crippen molar-refractivity contribution in [3.05, 3.63) is 24.3 Å². The van der Waals surface area contributed by atoms with E-state index in [9.17, 15) is 0 Å². The van der Waals surface area contributed by atoms with Crippen LogP contribution in [0.25, 0.3) is 0 Å². The highest BCUT2D eigenvalue weighted by molar-refractivity contribution is 5.04. The highest BCUT2D eigenvalue weighted by Gasteiger charge is 2.01. The normalized spacial score (nSPS) is 14.2. The molecule has 0 aliphatic rings. The van der Waals surface area contributed by atoms with Crippen LogP contribution in [0.4, 0.5) is 0 Å². The van der Waals surface area contributed by atoms with Crippen LogP contribution in [0.2, 0.25) is 0 Å². The van der Waals surface area contributed by atoms with Gasteiger partial charge in [0.2, 0.25) is 0 Å². The summed E-state index contributed by atoms with van der Waals surface area (Å²) in [6.45, 7) is 7.59. The predicted octanol–water partition coefficient (Wildman–Crippen LogP) is 4.69. The smallest absolute Gasteiger partial charge is 0.00717 e. The molecular formula is C16H31N. The van der Waals surface area contributed by atoms with Crippen LogP contribution in [0.15, 0.2) is 24.3 Å². The summed E-state index contributed by atoms with van der Waals surface area (Å²) in [6.07, 6.45) is 16.5. The van der Waals surface area contributed by atoms with E-state index in [0.29, 0.717) is 5.92 Å². The lowest BCUT2D eigenvalue weighted by atomic mass is 9.98. The molecule has 0 heterocycles. The molecule has 0 aliphatic heterocycles. The third kappa shape index (κ3) is 11.7. The summed E-state index contributed by atoms with van der Waals surface area (Å²) in [5, 5.41) is 0. The molecule has 17 heavy (non-hydrogen) atoms. The monoisotopic (exact) mass is 237 g/mol. The minimum atomic E-state index is 0.676. The number of unbranched alkanes of at least 4 members (excludes halogenated alkanes) is 1. The van der Waals surface area contributed by atoms with E-state index >= 15 is 0 Å². The largest absolute Gasteiger partial charge is 0.330 e. The van der Waals surface area contributed by atoms with Crippen LogP contribution in [0.5, 0.6) is 0 Å². The Labute approximate surface area is 108 Å². The van der Waals surface area contributed by atoms with Crippen LogP contribution in [0, 0.1) is 11.8 Å². The van der Waals surface area contributed by atoms with Crippen molar-refractivity contribution < 1.29 is 0 Å². The quantitative estimate of drug-likeness (QED) is 0.548. The summed E-state index contributed by atoms with van der Waals surface area (Å²) in [4.78, 5) is 0. The maximum absolute atomic E-state index is 5.63. The molecule has 0 spiro atoms. The van der Waals surface area contributed by atoms with Gasteiger partial charge in [-0.1, -0.05) is 57.9 Å². The van der Waals surface area contributed by atoms with Crippen molar-refractivity contribution in [2.24, 2.45) is 17.6 Å². The van der Waals surface area contributed by atoms with Crippen molar-refractivity contribution in [3.63, 3.8) is 0 Å². The van der Waals surface area contributed by atoms with E-state index in [4.69, 9.17) is 5.73 Å². The summed E-state index contributed by atoms with van der Waals surface area (Å²) in [5.74, 6) is 1.48. The zero-order valence-corrected chi connectivity index (χ0v) is 12.0. The van der Waals surface area contributed by atoms with Gasteiger partial charge in [-0.3, -0.25) is 0 Å². The number of hydrogen-bond donors (Lipinski definition) is 1. The lowest BCUT2D eigenvalue weighted by Crippen LogP contribution is -2.06. The van der Waals surface area contributed by atoms with Crippen LogP contribution < -0.4 is 5.73 Å². The highest BCUT2D eigenvalue weighted by Crippen LogP contribution is 2.13. The maximum Gasteiger partial charge on any atom is -0.00717 e. The molecule has 0 saturated carbocycles. The molecule has 100 valence electrons. The minimum Gasteiger partial charge on any atom is -0.330 e. The fraction of sp³-hybridized carbons (Fsp3) is 0.750. The van der Waals surface area contributed by atoms with E-state index in [1.165, 1.54) is 32.1 Å². The molecule has 0 rings (SSSR count). The van der Waals surface area contributed by atoms with E-state index in [2.05, 4.69) is 45.1 Å². The van der Waals surface area contributed by atoms with Gasteiger partial charge in [0.1, 0.15) is 0 Å². The van der Waals surface area contributed by atoms with Gasteiger partial charge in [0.15, 0.2) is 0 Å². The number of hydrogen-bond acceptors (Lipinski definition) is 1. The number of nitrogens with two attached hydrogens (primary N) is 1. The Morgan fingerprint density at radius 1 is 1.06 bits per heavy atom. The van der Waals surface area contributed by atoms with Crippen LogP contribution in [-0.2, 0) is 0 Å². The predicted molar refractivity (Wildman–Crippen MR) is 79.0 cm³/mol. The van der Waals surface area contributed by atoms with Gasteiger partial charge in [-0.15, -0.1) is 0 Å². The molecule has 2 N–H and O–H groups in total. The van der Waals surface area contributed by atoms with Gasteiger partial charge in [0, 0.05) is 0 Å². The topological polar surface area (TPSA) is 26.0 Å². The molecule has 1 atom stereocenters. The Kier molecular flexibility index (Phi) is 11.5. The van der Waals surface area contributed by atoms with E-state index in [1.807, 2.05) is 0 Å². The van der Waals surface area contributed by atoms with Gasteiger partial charge in [-0.2, -0.15) is 0 Å². The molecule has 0 amide bonds. The Bertz CT molecular complexity index is 204. The van der Waals surface area contributed by atoms with Crippen molar-refractivity contribution >= 4 is 0 Å². The van der Waals surface area contributed by atoms with E-state index < -0.39 is 0 Å². The summed E-state index contributed by atoms with van der Waals surface area (Å²) < 4.78 is 0. The summed E-state index contributed by atoms with van der Waals surface area (Å²) >= 11 is 0. The van der Waals surface area contributed by atoms with Crippen molar-refractivity contribution in [1.29, 1.82) is 0 Å². The molecule has 0 fully saturated rings. The first kappa shape index (κ1) is 16.4. The molecule has 0 bridgehead atoms. The van der Waals surface area contributed by atoms with Crippen LogP contribution in [-0.4, -0.2) is 6.54 Å². The van der Waals surface area contributed by atoms with Gasteiger partial charge in [0.25, 0.3) is 0 Å². The van der Waals surface area contributed by atoms with Crippen molar-refractivity contribution in [1.82, 2.24) is 0 Å². The average molecular weight is 237 g/mol. The van der Waals surface area contributed by atoms with E-state index in [0.717, 1.165) is 18.9 Å². The van der Waals surface area contributed by atoms with Crippen LogP contribution in [0.1, 0.15) is 59.3 Å². The second-order valence-electron chi connectivity index (χ2n) is 5.26. The third-order valence-electron chi connectivity index (χ3n) is 3.01. The third-order valence-corrected chi connectivity index (χ3v) is 3.01. The number of allylic oxidation sites excluding steroid dienone is 4. The molecule has 0 aromatic carbocycles. The fourth-order valence-electron chi connectivity index (χ4n) is 1.84. The van der Waals surface area contributed by atoms with Gasteiger partial charge in [-0.05, 0) is 44.1 Å². The molecule has 0 aromatic heterocycles. The Morgan fingerprint density at radius 3 is 2.41 bits per heavy atom. The molecular weight excluding hydrogens is 206 g/mol. The van der Waals surface area contributed by atoms with Crippen molar-refractivity contribution in [2.45, 2.75) is 59.3 Å². The van der Waals surface area contributed by atoms with Gasteiger partial charge in [0.05, 0.1) is 0 Å². The lowest BCUT2D eigenvalue weighted by molar-refractivity contribution is 0.524. The van der Waals surface area contributed by atoms with Crippen LogP contribution in [0.3, 0.4) is 0 Å². The molecule has 0 aromatic rings. The maximum atomic E-state index is 5.63. The van der Waals surface area contributed by atoms with Crippen LogP contribution >= 0.6 is 0 Å². The standard InChI is InChI=1S/C16H31N/c1-4-5-11-16(13-14-17)12-9-7-6-8-10-15(2)3/h6-7,9,12,15-16H,4-5,8,10-11,13-14,17H2,1-3H3/b7-6-,12-9-. The second-order valence-corrected chi connectivity index (χ2v) is 5.26. The Morgan fingerprint density at radius 2 is 1.82 bits per heavy atom. The minimum absolute atomic E-state index is 0.676. The molecule has 1 nitrogen and oxygen atoms in total. The first-order valence-corrected chi connectivity index (χ1v) is 7.24. The molecule has 0 saturated heterocycles. The van der Waals surface area contributed by atoms with E-state index in [1.54, 1.807) is 0 Å². The van der Waals surface area contributed by atoms with Gasteiger partial charge >= 0.3 is 0 Å². The Balaban J connectivity index is 3.81. The first-order valence-electron chi connectivity index (χ1n) is 7.24. The zero-order chi connectivity index (χ0) is 12.9. The second kappa shape index (κ2) is 11.9.